The first-order valence-corrected chi connectivity index (χ1v) is 3.58. The van der Waals surface area contributed by atoms with Gasteiger partial charge in [0, 0.05) is 5.56 Å². The van der Waals surface area contributed by atoms with Gasteiger partial charge >= 0.3 is 0 Å². The zero-order chi connectivity index (χ0) is 9.84. The normalized spacial score (nSPS) is 9.62. The minimum absolute atomic E-state index is 0.184. The fraction of sp³-hybridized carbons (Fsp3) is 0.125. The molecule has 0 saturated carbocycles. The molecule has 0 saturated heterocycles. The number of amides is 1. The van der Waals surface area contributed by atoms with Gasteiger partial charge in [0.15, 0.2) is 11.5 Å². The summed E-state index contributed by atoms with van der Waals surface area (Å²) in [7, 11) is 0. The summed E-state index contributed by atoms with van der Waals surface area (Å²) in [6, 6.07) is 4.27. The molecule has 0 bridgehead atoms. The van der Waals surface area contributed by atoms with Gasteiger partial charge in [0.1, 0.15) is 0 Å². The van der Waals surface area contributed by atoms with Crippen LogP contribution in [0.15, 0.2) is 18.2 Å². The highest BCUT2D eigenvalue weighted by atomic mass is 16.5. The van der Waals surface area contributed by atoms with Crippen molar-refractivity contribution in [3.63, 3.8) is 0 Å². The van der Waals surface area contributed by atoms with E-state index in [0.717, 1.165) is 0 Å². The average molecular weight is 183 g/mol. The molecular formula is C8H9NO4. The van der Waals surface area contributed by atoms with Crippen LogP contribution < -0.4 is 5.48 Å². The number of benzene rings is 1. The van der Waals surface area contributed by atoms with Gasteiger partial charge in [-0.2, -0.15) is 0 Å². The molecule has 1 amide bonds. The minimum Gasteiger partial charge on any atom is -0.504 e. The van der Waals surface area contributed by atoms with Crippen LogP contribution in [0.5, 0.6) is 11.5 Å². The van der Waals surface area contributed by atoms with Crippen LogP contribution >= 0.6 is 0 Å². The van der Waals surface area contributed by atoms with E-state index in [2.05, 4.69) is 0 Å². The number of phenols is 2. The molecule has 4 N–H and O–H groups in total. The van der Waals surface area contributed by atoms with Crippen LogP contribution in [0.4, 0.5) is 0 Å². The quantitative estimate of drug-likeness (QED) is 0.298. The van der Waals surface area contributed by atoms with E-state index in [1.165, 1.54) is 23.7 Å². The van der Waals surface area contributed by atoms with Crippen LogP contribution in [-0.2, 0) is 11.2 Å². The van der Waals surface area contributed by atoms with Gasteiger partial charge in [0.05, 0.1) is 6.42 Å². The number of carbonyl (C=O) groups excluding carboxylic acids is 1. The highest BCUT2D eigenvalue weighted by Gasteiger charge is 2.09. The minimum atomic E-state index is -0.652. The molecule has 0 spiro atoms. The summed E-state index contributed by atoms with van der Waals surface area (Å²) in [5, 5.41) is 26.5. The third kappa shape index (κ3) is 2.09. The molecule has 1 aromatic carbocycles. The Balaban J connectivity index is 2.89. The topological polar surface area (TPSA) is 89.8 Å². The predicted octanol–water partition coefficient (Wildman–Crippen LogP) is 0.146. The fourth-order valence-corrected chi connectivity index (χ4v) is 0.933. The van der Waals surface area contributed by atoms with Crippen molar-refractivity contribution in [3.8, 4) is 11.5 Å². The monoisotopic (exact) mass is 183 g/mol. The Bertz CT molecular complexity index is 324. The number of nitrogens with one attached hydrogen (secondary N) is 1. The number of rotatable bonds is 2. The van der Waals surface area contributed by atoms with Crippen molar-refractivity contribution in [2.45, 2.75) is 6.42 Å². The molecule has 0 atom stereocenters. The molecule has 5 nitrogen and oxygen atoms in total. The molecule has 0 aliphatic heterocycles. The maximum Gasteiger partial charge on any atom is 0.247 e. The number of carbonyl (C=O) groups is 1. The van der Waals surface area contributed by atoms with Gasteiger partial charge in [0.2, 0.25) is 5.91 Å². The van der Waals surface area contributed by atoms with E-state index >= 15 is 0 Å². The van der Waals surface area contributed by atoms with Gasteiger partial charge in [-0.05, 0) is 6.07 Å². The second kappa shape index (κ2) is 3.77. The summed E-state index contributed by atoms with van der Waals surface area (Å²) in [6.07, 6.45) is -0.184. The van der Waals surface area contributed by atoms with Crippen molar-refractivity contribution in [2.75, 3.05) is 0 Å². The summed E-state index contributed by atoms with van der Waals surface area (Å²) in [4.78, 5) is 10.7. The Morgan fingerprint density at radius 3 is 2.69 bits per heavy atom. The Kier molecular flexibility index (Phi) is 2.71. The molecule has 13 heavy (non-hydrogen) atoms. The molecule has 0 unspecified atom stereocenters. The molecule has 0 heterocycles. The molecule has 0 aliphatic carbocycles. The van der Waals surface area contributed by atoms with Gasteiger partial charge < -0.3 is 10.2 Å². The number of aromatic hydroxyl groups is 2. The summed E-state index contributed by atoms with van der Waals surface area (Å²) < 4.78 is 0. The molecule has 0 aliphatic rings. The summed E-state index contributed by atoms with van der Waals surface area (Å²) >= 11 is 0. The molecule has 0 radical (unpaired) electrons. The van der Waals surface area contributed by atoms with Crippen LogP contribution in [0.1, 0.15) is 5.56 Å². The van der Waals surface area contributed by atoms with Gasteiger partial charge in [-0.15, -0.1) is 0 Å². The van der Waals surface area contributed by atoms with Crippen LogP contribution in [-0.4, -0.2) is 21.3 Å². The largest absolute Gasteiger partial charge is 0.504 e. The lowest BCUT2D eigenvalue weighted by Crippen LogP contribution is -2.20. The second-order valence-electron chi connectivity index (χ2n) is 2.50. The van der Waals surface area contributed by atoms with Crippen molar-refractivity contribution in [2.24, 2.45) is 0 Å². The van der Waals surface area contributed by atoms with Crippen molar-refractivity contribution in [1.29, 1.82) is 0 Å². The van der Waals surface area contributed by atoms with Crippen molar-refractivity contribution in [1.82, 2.24) is 5.48 Å². The van der Waals surface area contributed by atoms with Gasteiger partial charge in [-0.3, -0.25) is 10.0 Å². The van der Waals surface area contributed by atoms with E-state index in [0.29, 0.717) is 0 Å². The van der Waals surface area contributed by atoms with Crippen LogP contribution in [0.25, 0.3) is 0 Å². The zero-order valence-electron chi connectivity index (χ0n) is 6.69. The molecule has 1 aromatic rings. The standard InChI is InChI=1S/C8H9NO4/c10-6-3-1-2-5(8(6)12)4-7(11)9-13/h1-3,10,12-13H,4H2,(H,9,11). The molecule has 5 heteroatoms. The number of hydroxylamine groups is 1. The van der Waals surface area contributed by atoms with Gasteiger partial charge in [0.25, 0.3) is 0 Å². The zero-order valence-corrected chi connectivity index (χ0v) is 6.69. The van der Waals surface area contributed by atoms with Crippen LogP contribution in [0.3, 0.4) is 0 Å². The first kappa shape index (κ1) is 9.34. The first-order valence-electron chi connectivity index (χ1n) is 3.58. The number of hydrogen-bond donors (Lipinski definition) is 4. The number of phenolic OH excluding ortho intramolecular Hbond substituents is 2. The number of hydrogen-bond acceptors (Lipinski definition) is 4. The Labute approximate surface area is 74.2 Å². The smallest absolute Gasteiger partial charge is 0.247 e. The SMILES string of the molecule is O=C(Cc1cccc(O)c1O)NO. The van der Waals surface area contributed by atoms with Crippen molar-refractivity contribution in [3.05, 3.63) is 23.8 Å². The Morgan fingerprint density at radius 1 is 1.38 bits per heavy atom. The van der Waals surface area contributed by atoms with E-state index in [9.17, 15) is 9.90 Å². The summed E-state index contributed by atoms with van der Waals surface area (Å²) in [6.45, 7) is 0. The van der Waals surface area contributed by atoms with Crippen molar-refractivity contribution >= 4 is 5.91 Å². The third-order valence-corrected chi connectivity index (χ3v) is 1.57. The lowest BCUT2D eigenvalue weighted by atomic mass is 10.1. The number of para-hydroxylation sites is 1. The highest BCUT2D eigenvalue weighted by molar-refractivity contribution is 5.78. The lowest BCUT2D eigenvalue weighted by Gasteiger charge is -2.03. The maximum absolute atomic E-state index is 10.7. The van der Waals surface area contributed by atoms with Crippen molar-refractivity contribution < 1.29 is 20.2 Å². The van der Waals surface area contributed by atoms with E-state index in [1.54, 1.807) is 0 Å². The summed E-state index contributed by atoms with van der Waals surface area (Å²) in [5.41, 5.74) is 1.68. The van der Waals surface area contributed by atoms with E-state index in [1.807, 2.05) is 0 Å². The van der Waals surface area contributed by atoms with Crippen LogP contribution in [0, 0.1) is 0 Å². The Hall–Kier alpha value is -1.75. The Morgan fingerprint density at radius 2 is 2.08 bits per heavy atom. The molecule has 1 rings (SSSR count). The van der Waals surface area contributed by atoms with E-state index in [4.69, 9.17) is 10.3 Å². The van der Waals surface area contributed by atoms with Gasteiger partial charge in [-0.1, -0.05) is 12.1 Å². The van der Waals surface area contributed by atoms with E-state index in [-0.39, 0.29) is 23.5 Å². The average Bonchev–Trinajstić information content (AvgIpc) is 2.13. The molecular weight excluding hydrogens is 174 g/mol. The van der Waals surface area contributed by atoms with Gasteiger partial charge in [-0.25, -0.2) is 5.48 Å². The third-order valence-electron chi connectivity index (χ3n) is 1.57. The first-order chi connectivity index (χ1) is 6.15. The van der Waals surface area contributed by atoms with Crippen LogP contribution in [0.2, 0.25) is 0 Å². The maximum atomic E-state index is 10.7. The summed E-state index contributed by atoms with van der Waals surface area (Å²) in [5.74, 6) is -1.28. The van der Waals surface area contributed by atoms with E-state index < -0.39 is 5.91 Å². The lowest BCUT2D eigenvalue weighted by molar-refractivity contribution is -0.128. The molecule has 70 valence electrons. The predicted molar refractivity (Wildman–Crippen MR) is 43.4 cm³/mol. The molecule has 0 aromatic heterocycles. The second-order valence-corrected chi connectivity index (χ2v) is 2.50. The fourth-order valence-electron chi connectivity index (χ4n) is 0.933. The molecule has 0 fully saturated rings. The highest BCUT2D eigenvalue weighted by Crippen LogP contribution is 2.28.